The number of carbonyl (C=O) groups is 2. The van der Waals surface area contributed by atoms with Crippen LogP contribution in [0.2, 0.25) is 0 Å². The van der Waals surface area contributed by atoms with Gasteiger partial charge in [-0.05, 0) is 19.3 Å². The predicted molar refractivity (Wildman–Crippen MR) is 60.3 cm³/mol. The lowest BCUT2D eigenvalue weighted by Crippen LogP contribution is -2.43. The zero-order chi connectivity index (χ0) is 12.4. The number of hydrogen-bond acceptors (Lipinski definition) is 3. The fourth-order valence-corrected chi connectivity index (χ4v) is 2.61. The lowest BCUT2D eigenvalue weighted by Gasteiger charge is -2.28. The molecule has 1 saturated carbocycles. The molecule has 1 heterocycles. The number of aliphatic hydroxyl groups is 1. The average Bonchev–Trinajstić information content (AvgIpc) is 3.11. The van der Waals surface area contributed by atoms with E-state index in [-0.39, 0.29) is 24.5 Å². The number of carbonyl (C=O) groups excluding carboxylic acids is 1. The van der Waals surface area contributed by atoms with E-state index in [0.29, 0.717) is 13.0 Å². The second-order valence-electron chi connectivity index (χ2n) is 5.00. The molecule has 2 fully saturated rings. The maximum absolute atomic E-state index is 12.1. The van der Waals surface area contributed by atoms with Gasteiger partial charge in [0, 0.05) is 6.54 Å². The first-order valence-electron chi connectivity index (χ1n) is 6.29. The minimum absolute atomic E-state index is 0.0177. The highest BCUT2D eigenvalue weighted by Gasteiger charge is 2.50. The molecule has 0 bridgehead atoms. The molecule has 1 aliphatic heterocycles. The van der Waals surface area contributed by atoms with Crippen molar-refractivity contribution in [1.82, 2.24) is 4.90 Å². The van der Waals surface area contributed by atoms with Crippen molar-refractivity contribution in [3.63, 3.8) is 0 Å². The third kappa shape index (κ3) is 2.60. The van der Waals surface area contributed by atoms with Gasteiger partial charge in [-0.3, -0.25) is 9.59 Å². The SMILES string of the molecule is O=C(O)[C@H]1C[C@H]1C(=O)N1CCCCCC1CO. The molecule has 0 aromatic carbocycles. The van der Waals surface area contributed by atoms with Gasteiger partial charge in [-0.1, -0.05) is 12.8 Å². The van der Waals surface area contributed by atoms with Crippen molar-refractivity contribution in [3.8, 4) is 0 Å². The van der Waals surface area contributed by atoms with E-state index < -0.39 is 11.9 Å². The van der Waals surface area contributed by atoms with Crippen molar-refractivity contribution in [2.24, 2.45) is 11.8 Å². The van der Waals surface area contributed by atoms with Gasteiger partial charge in [0.25, 0.3) is 0 Å². The number of nitrogens with zero attached hydrogens (tertiary/aromatic N) is 1. The van der Waals surface area contributed by atoms with Gasteiger partial charge in [-0.2, -0.15) is 0 Å². The minimum atomic E-state index is -0.876. The molecule has 2 rings (SSSR count). The molecule has 17 heavy (non-hydrogen) atoms. The van der Waals surface area contributed by atoms with Gasteiger partial charge in [0.15, 0.2) is 0 Å². The molecule has 1 amide bonds. The molecular weight excluding hydrogens is 222 g/mol. The summed E-state index contributed by atoms with van der Waals surface area (Å²) < 4.78 is 0. The van der Waals surface area contributed by atoms with Crippen LogP contribution in [0.5, 0.6) is 0 Å². The van der Waals surface area contributed by atoms with E-state index in [1.165, 1.54) is 0 Å². The molecule has 5 nitrogen and oxygen atoms in total. The molecule has 2 aliphatic rings. The summed E-state index contributed by atoms with van der Waals surface area (Å²) in [4.78, 5) is 24.6. The minimum Gasteiger partial charge on any atom is -0.481 e. The summed E-state index contributed by atoms with van der Waals surface area (Å²) in [5, 5.41) is 18.1. The second kappa shape index (κ2) is 5.04. The molecule has 0 aromatic rings. The van der Waals surface area contributed by atoms with Crippen molar-refractivity contribution in [1.29, 1.82) is 0 Å². The number of hydrogen-bond donors (Lipinski definition) is 2. The van der Waals surface area contributed by atoms with Crippen LogP contribution in [-0.2, 0) is 9.59 Å². The third-order valence-electron chi connectivity index (χ3n) is 3.80. The van der Waals surface area contributed by atoms with Crippen LogP contribution >= 0.6 is 0 Å². The van der Waals surface area contributed by atoms with Crippen LogP contribution in [0.3, 0.4) is 0 Å². The Bertz CT molecular complexity index is 318. The smallest absolute Gasteiger partial charge is 0.307 e. The summed E-state index contributed by atoms with van der Waals surface area (Å²) in [7, 11) is 0. The largest absolute Gasteiger partial charge is 0.481 e. The Kier molecular flexibility index (Phi) is 3.66. The van der Waals surface area contributed by atoms with Crippen molar-refractivity contribution in [2.75, 3.05) is 13.2 Å². The van der Waals surface area contributed by atoms with Crippen LogP contribution < -0.4 is 0 Å². The Morgan fingerprint density at radius 1 is 1.18 bits per heavy atom. The molecule has 96 valence electrons. The zero-order valence-corrected chi connectivity index (χ0v) is 9.84. The summed E-state index contributed by atoms with van der Waals surface area (Å²) in [6, 6.07) is -0.111. The number of amides is 1. The average molecular weight is 241 g/mol. The summed E-state index contributed by atoms with van der Waals surface area (Å²) >= 11 is 0. The first-order chi connectivity index (χ1) is 8.15. The lowest BCUT2D eigenvalue weighted by molar-refractivity contribution is -0.143. The van der Waals surface area contributed by atoms with E-state index in [2.05, 4.69) is 0 Å². The summed E-state index contributed by atoms with van der Waals surface area (Å²) in [5.74, 6) is -1.79. The number of carboxylic acid groups (broad SMARTS) is 1. The molecule has 0 spiro atoms. The van der Waals surface area contributed by atoms with Crippen molar-refractivity contribution in [3.05, 3.63) is 0 Å². The van der Waals surface area contributed by atoms with E-state index >= 15 is 0 Å². The third-order valence-corrected chi connectivity index (χ3v) is 3.80. The first-order valence-corrected chi connectivity index (χ1v) is 6.29. The van der Waals surface area contributed by atoms with Crippen molar-refractivity contribution in [2.45, 2.75) is 38.1 Å². The van der Waals surface area contributed by atoms with E-state index in [9.17, 15) is 14.7 Å². The lowest BCUT2D eigenvalue weighted by atomic mass is 10.1. The van der Waals surface area contributed by atoms with E-state index in [1.807, 2.05) is 0 Å². The van der Waals surface area contributed by atoms with Gasteiger partial charge in [0.2, 0.25) is 5.91 Å². The summed E-state index contributed by atoms with van der Waals surface area (Å²) in [6.07, 6.45) is 4.34. The van der Waals surface area contributed by atoms with Gasteiger partial charge in [-0.25, -0.2) is 0 Å². The fraction of sp³-hybridized carbons (Fsp3) is 0.833. The van der Waals surface area contributed by atoms with Crippen LogP contribution in [0.25, 0.3) is 0 Å². The van der Waals surface area contributed by atoms with Crippen LogP contribution in [0.4, 0.5) is 0 Å². The van der Waals surface area contributed by atoms with E-state index in [0.717, 1.165) is 25.7 Å². The van der Waals surface area contributed by atoms with Gasteiger partial charge >= 0.3 is 5.97 Å². The molecule has 2 N–H and O–H groups in total. The van der Waals surface area contributed by atoms with Crippen LogP contribution in [0, 0.1) is 11.8 Å². The molecule has 1 unspecified atom stereocenters. The molecule has 1 saturated heterocycles. The molecule has 1 aliphatic carbocycles. The van der Waals surface area contributed by atoms with E-state index in [4.69, 9.17) is 5.11 Å². The van der Waals surface area contributed by atoms with Gasteiger partial charge < -0.3 is 15.1 Å². The van der Waals surface area contributed by atoms with Gasteiger partial charge in [0.1, 0.15) is 0 Å². The first kappa shape index (κ1) is 12.4. The Labute approximate surface area is 100 Å². The Balaban J connectivity index is 1.99. The van der Waals surface area contributed by atoms with Crippen LogP contribution in [0.15, 0.2) is 0 Å². The highest BCUT2D eigenvalue weighted by molar-refractivity contribution is 5.89. The van der Waals surface area contributed by atoms with Crippen molar-refractivity contribution < 1.29 is 19.8 Å². The topological polar surface area (TPSA) is 77.8 Å². The van der Waals surface area contributed by atoms with Crippen LogP contribution in [-0.4, -0.2) is 46.2 Å². The number of aliphatic hydroxyl groups excluding tert-OH is 1. The molecule has 0 radical (unpaired) electrons. The highest BCUT2D eigenvalue weighted by atomic mass is 16.4. The fourth-order valence-electron chi connectivity index (χ4n) is 2.61. The van der Waals surface area contributed by atoms with Gasteiger partial charge in [-0.15, -0.1) is 0 Å². The number of rotatable bonds is 3. The quantitative estimate of drug-likeness (QED) is 0.753. The van der Waals surface area contributed by atoms with Crippen LogP contribution in [0.1, 0.15) is 32.1 Å². The summed E-state index contributed by atoms with van der Waals surface area (Å²) in [6.45, 7) is 0.642. The maximum Gasteiger partial charge on any atom is 0.307 e. The Morgan fingerprint density at radius 3 is 2.53 bits per heavy atom. The van der Waals surface area contributed by atoms with Gasteiger partial charge in [0.05, 0.1) is 24.5 Å². The number of carboxylic acids is 1. The monoisotopic (exact) mass is 241 g/mol. The number of likely N-dealkylation sites (tertiary alicyclic amines) is 1. The number of aliphatic carboxylic acids is 1. The normalized spacial score (nSPS) is 33.0. The van der Waals surface area contributed by atoms with Crippen molar-refractivity contribution >= 4 is 11.9 Å². The second-order valence-corrected chi connectivity index (χ2v) is 5.00. The maximum atomic E-state index is 12.1. The Morgan fingerprint density at radius 2 is 1.94 bits per heavy atom. The Hall–Kier alpha value is -1.10. The standard InChI is InChI=1S/C12H19NO4/c14-7-8-4-2-1-3-5-13(8)11(15)9-6-10(9)12(16)17/h8-10,14H,1-7H2,(H,16,17)/t8?,9-,10+/m1/s1. The van der Waals surface area contributed by atoms with E-state index in [1.54, 1.807) is 4.90 Å². The summed E-state index contributed by atoms with van der Waals surface area (Å²) in [5.41, 5.74) is 0. The molecule has 5 heteroatoms. The highest BCUT2D eigenvalue weighted by Crippen LogP contribution is 2.40. The zero-order valence-electron chi connectivity index (χ0n) is 9.84. The molecule has 3 atom stereocenters. The predicted octanol–water partition coefficient (Wildman–Crippen LogP) is 0.471. The molecular formula is C12H19NO4. The molecule has 0 aromatic heterocycles.